The molecule has 1 N–H and O–H groups in total. The van der Waals surface area contributed by atoms with Gasteiger partial charge in [0.2, 0.25) is 21.7 Å². The molecule has 5 rings (SSSR count). The molecule has 3 aromatic rings. The highest BCUT2D eigenvalue weighted by Crippen LogP contribution is 2.36. The van der Waals surface area contributed by atoms with Crippen molar-refractivity contribution in [2.45, 2.75) is 61.9 Å². The number of rotatable bonds is 8. The smallest absolute Gasteiger partial charge is 0.335 e. The summed E-state index contributed by atoms with van der Waals surface area (Å²) in [5, 5.41) is 9.27. The van der Waals surface area contributed by atoms with Crippen LogP contribution in [0.5, 0.6) is 0 Å². The summed E-state index contributed by atoms with van der Waals surface area (Å²) in [5.74, 6) is -14.0. The van der Waals surface area contributed by atoms with Crippen LogP contribution < -0.4 is 4.90 Å². The topological polar surface area (TPSA) is 95.0 Å². The third-order valence-electron chi connectivity index (χ3n) is 8.08. The Hall–Kier alpha value is -3.84. The minimum Gasteiger partial charge on any atom is -0.478 e. The Balaban J connectivity index is 1.46. The van der Waals surface area contributed by atoms with Gasteiger partial charge in [-0.25, -0.2) is 35.2 Å². The summed E-state index contributed by atoms with van der Waals surface area (Å²) in [6.07, 6.45) is 5.56. The van der Waals surface area contributed by atoms with Crippen LogP contribution in [0.25, 0.3) is 0 Å². The summed E-state index contributed by atoms with van der Waals surface area (Å²) in [4.78, 5) is 24.3. The highest BCUT2D eigenvalue weighted by molar-refractivity contribution is 7.89. The number of nitrogens with zero attached hydrogens (tertiary/aromatic N) is 2. The number of aromatic carboxylic acids is 1. The van der Waals surface area contributed by atoms with Gasteiger partial charge in [0.25, 0.3) is 0 Å². The van der Waals surface area contributed by atoms with Crippen LogP contribution in [0.3, 0.4) is 0 Å². The summed E-state index contributed by atoms with van der Waals surface area (Å²) in [5.41, 5.74) is 1.98. The van der Waals surface area contributed by atoms with Crippen molar-refractivity contribution < 1.29 is 45.1 Å². The Labute approximate surface area is 244 Å². The average Bonchev–Trinajstić information content (AvgIpc) is 2.97. The summed E-state index contributed by atoms with van der Waals surface area (Å²) < 4.78 is 96.9. The van der Waals surface area contributed by atoms with E-state index in [0.717, 1.165) is 31.2 Å². The number of benzene rings is 3. The largest absolute Gasteiger partial charge is 0.478 e. The highest BCUT2D eigenvalue weighted by atomic mass is 32.2. The molecule has 2 fully saturated rings. The van der Waals surface area contributed by atoms with E-state index in [-0.39, 0.29) is 24.2 Å². The quantitative estimate of drug-likeness (QED) is 0.186. The molecular weight excluding hydrogens is 595 g/mol. The summed E-state index contributed by atoms with van der Waals surface area (Å²) in [7, 11) is -5.33. The van der Waals surface area contributed by atoms with Gasteiger partial charge in [-0.05, 0) is 60.6 Å². The number of hydrogen-bond donors (Lipinski definition) is 1. The molecule has 0 spiro atoms. The van der Waals surface area contributed by atoms with Gasteiger partial charge in [0, 0.05) is 12.2 Å². The number of carbonyl (C=O) groups is 2. The molecule has 7 nitrogen and oxygen atoms in total. The third-order valence-corrected chi connectivity index (χ3v) is 10.0. The van der Waals surface area contributed by atoms with E-state index in [0.29, 0.717) is 15.8 Å². The maximum atomic E-state index is 14.5. The SMILES string of the molecule is O=C(O)c1ccc(N(Cc2ccc(C3CCCCC3)cc2)C(=O)[C@H]2CCN2S(=O)(=O)c2c(F)c(F)c(F)c(F)c2F)cc1. The molecule has 1 saturated carbocycles. The zero-order valence-corrected chi connectivity index (χ0v) is 23.5. The van der Waals surface area contributed by atoms with Crippen molar-refractivity contribution in [2.24, 2.45) is 0 Å². The van der Waals surface area contributed by atoms with E-state index in [9.17, 15) is 45.1 Å². The van der Waals surface area contributed by atoms with Gasteiger partial charge < -0.3 is 10.0 Å². The Morgan fingerprint density at radius 1 is 0.791 bits per heavy atom. The normalized spacial score (nSPS) is 17.8. The molecular formula is C30H27F5N2O5S. The lowest BCUT2D eigenvalue weighted by molar-refractivity contribution is -0.125. The molecule has 1 amide bonds. The van der Waals surface area contributed by atoms with E-state index in [2.05, 4.69) is 0 Å². The Kier molecular flexibility index (Phi) is 8.57. The fourth-order valence-electron chi connectivity index (χ4n) is 5.60. The highest BCUT2D eigenvalue weighted by Gasteiger charge is 2.48. The van der Waals surface area contributed by atoms with Gasteiger partial charge in [0.1, 0.15) is 6.04 Å². The van der Waals surface area contributed by atoms with Crippen LogP contribution >= 0.6 is 0 Å². The van der Waals surface area contributed by atoms with Crippen molar-refractivity contribution in [1.29, 1.82) is 0 Å². The fourth-order valence-corrected chi connectivity index (χ4v) is 7.34. The summed E-state index contributed by atoms with van der Waals surface area (Å²) >= 11 is 0. The van der Waals surface area contributed by atoms with Gasteiger partial charge in [-0.3, -0.25) is 4.79 Å². The van der Waals surface area contributed by atoms with Crippen LogP contribution in [0.2, 0.25) is 0 Å². The lowest BCUT2D eigenvalue weighted by Crippen LogP contribution is -2.59. The summed E-state index contributed by atoms with van der Waals surface area (Å²) in [6, 6.07) is 11.3. The van der Waals surface area contributed by atoms with Gasteiger partial charge in [0.05, 0.1) is 12.1 Å². The number of carbonyl (C=O) groups excluding carboxylic acids is 1. The second kappa shape index (κ2) is 12.0. The first kappa shape index (κ1) is 30.6. The molecule has 2 aliphatic rings. The lowest BCUT2D eigenvalue weighted by Gasteiger charge is -2.41. The Morgan fingerprint density at radius 2 is 1.35 bits per heavy atom. The van der Waals surface area contributed by atoms with Crippen LogP contribution in [-0.2, 0) is 21.4 Å². The third kappa shape index (κ3) is 5.75. The maximum Gasteiger partial charge on any atom is 0.335 e. The second-order valence-corrected chi connectivity index (χ2v) is 12.5. The van der Waals surface area contributed by atoms with Gasteiger partial charge in [-0.15, -0.1) is 0 Å². The van der Waals surface area contributed by atoms with Gasteiger partial charge in [-0.2, -0.15) is 4.31 Å². The second-order valence-electron chi connectivity index (χ2n) is 10.7. The van der Waals surface area contributed by atoms with Crippen LogP contribution in [0.1, 0.15) is 65.9 Å². The average molecular weight is 623 g/mol. The van der Waals surface area contributed by atoms with E-state index in [1.807, 2.05) is 24.3 Å². The molecule has 1 heterocycles. The van der Waals surface area contributed by atoms with Crippen LogP contribution in [0, 0.1) is 29.1 Å². The molecule has 228 valence electrons. The molecule has 13 heteroatoms. The zero-order valence-electron chi connectivity index (χ0n) is 22.7. The number of sulfonamides is 1. The van der Waals surface area contributed by atoms with Crippen molar-refractivity contribution in [1.82, 2.24) is 4.31 Å². The molecule has 0 aromatic heterocycles. The first-order valence-corrected chi connectivity index (χ1v) is 15.1. The van der Waals surface area contributed by atoms with Crippen LogP contribution in [0.4, 0.5) is 27.6 Å². The number of halogens is 5. The maximum absolute atomic E-state index is 14.5. The lowest BCUT2D eigenvalue weighted by atomic mass is 9.84. The van der Waals surface area contributed by atoms with Crippen molar-refractivity contribution in [3.63, 3.8) is 0 Å². The van der Waals surface area contributed by atoms with Crippen LogP contribution in [0.15, 0.2) is 53.4 Å². The first-order chi connectivity index (χ1) is 20.4. The minimum absolute atomic E-state index is 0.0628. The zero-order chi connectivity index (χ0) is 31.1. The van der Waals surface area contributed by atoms with Crippen molar-refractivity contribution in [3.05, 3.63) is 94.3 Å². The molecule has 1 atom stereocenters. The predicted octanol–water partition coefficient (Wildman–Crippen LogP) is 6.12. The number of hydrogen-bond acceptors (Lipinski definition) is 4. The van der Waals surface area contributed by atoms with E-state index in [1.54, 1.807) is 0 Å². The molecule has 43 heavy (non-hydrogen) atoms. The molecule has 1 aliphatic heterocycles. The van der Waals surface area contributed by atoms with Crippen molar-refractivity contribution in [3.8, 4) is 0 Å². The van der Waals surface area contributed by atoms with Gasteiger partial charge in [-0.1, -0.05) is 43.5 Å². The number of anilines is 1. The molecule has 1 aliphatic carbocycles. The number of carboxylic acids is 1. The van der Waals surface area contributed by atoms with E-state index in [1.165, 1.54) is 35.6 Å². The number of carboxylic acid groups (broad SMARTS) is 1. The molecule has 3 aromatic carbocycles. The van der Waals surface area contributed by atoms with Crippen LogP contribution in [-0.4, -0.2) is 42.3 Å². The number of amides is 1. The molecule has 0 unspecified atom stereocenters. The monoisotopic (exact) mass is 622 g/mol. The standard InChI is InChI=1S/C30H27F5N2O5S/c31-23-24(32)26(34)28(27(35)25(23)33)43(41,42)37-15-14-22(37)29(38)36(21-12-10-20(11-13-21)30(39)40)16-17-6-8-19(9-7-17)18-4-2-1-3-5-18/h6-13,18,22H,1-5,14-16H2,(H,39,40)/t22-/m1/s1. The first-order valence-electron chi connectivity index (χ1n) is 13.7. The molecule has 0 bridgehead atoms. The predicted molar refractivity (Wildman–Crippen MR) is 145 cm³/mol. The van der Waals surface area contributed by atoms with Gasteiger partial charge >= 0.3 is 5.97 Å². The fraction of sp³-hybridized carbons (Fsp3) is 0.333. The van der Waals surface area contributed by atoms with E-state index < -0.39 is 68.5 Å². The van der Waals surface area contributed by atoms with Gasteiger partial charge in [0.15, 0.2) is 28.2 Å². The molecule has 0 radical (unpaired) electrons. The minimum atomic E-state index is -5.33. The van der Waals surface area contributed by atoms with Crippen molar-refractivity contribution in [2.75, 3.05) is 11.4 Å². The Morgan fingerprint density at radius 3 is 1.86 bits per heavy atom. The van der Waals surface area contributed by atoms with E-state index >= 15 is 0 Å². The van der Waals surface area contributed by atoms with E-state index in [4.69, 9.17) is 0 Å². The molecule has 1 saturated heterocycles. The van der Waals surface area contributed by atoms with Crippen molar-refractivity contribution >= 4 is 27.6 Å². The summed E-state index contributed by atoms with van der Waals surface area (Å²) in [6.45, 7) is -0.469. The Bertz CT molecular complexity index is 1630.